The van der Waals surface area contributed by atoms with Crippen molar-refractivity contribution in [3.05, 3.63) is 16.2 Å². The molecule has 0 unspecified atom stereocenters. The molecule has 5 heteroatoms. The lowest BCUT2D eigenvalue weighted by atomic mass is 9.87. The SMILES string of the molecule is CCc1cc2c(NC3CCC(C)CC3)nc(Cl)nc2s1. The first-order chi connectivity index (χ1) is 9.65. The van der Waals surface area contributed by atoms with Crippen LogP contribution in [0.5, 0.6) is 0 Å². The van der Waals surface area contributed by atoms with Gasteiger partial charge >= 0.3 is 0 Å². The number of aryl methyl sites for hydroxylation is 1. The predicted molar refractivity (Wildman–Crippen MR) is 86.8 cm³/mol. The van der Waals surface area contributed by atoms with Crippen LogP contribution in [0.25, 0.3) is 10.2 Å². The van der Waals surface area contributed by atoms with Gasteiger partial charge in [-0.25, -0.2) is 9.97 Å². The molecule has 0 spiro atoms. The molecule has 0 atom stereocenters. The van der Waals surface area contributed by atoms with Crippen LogP contribution in [0.1, 0.15) is 44.4 Å². The number of thiophene rings is 1. The maximum absolute atomic E-state index is 6.06. The lowest BCUT2D eigenvalue weighted by Crippen LogP contribution is -2.25. The summed E-state index contributed by atoms with van der Waals surface area (Å²) in [5, 5.41) is 5.06. The van der Waals surface area contributed by atoms with Crippen molar-refractivity contribution in [2.75, 3.05) is 5.32 Å². The number of aromatic nitrogens is 2. The van der Waals surface area contributed by atoms with Crippen LogP contribution in [0.3, 0.4) is 0 Å². The number of halogens is 1. The summed E-state index contributed by atoms with van der Waals surface area (Å²) in [6.45, 7) is 4.50. The summed E-state index contributed by atoms with van der Waals surface area (Å²) >= 11 is 7.77. The molecular weight excluding hydrogens is 290 g/mol. The van der Waals surface area contributed by atoms with Gasteiger partial charge in [-0.1, -0.05) is 13.8 Å². The maximum atomic E-state index is 6.06. The van der Waals surface area contributed by atoms with E-state index in [1.54, 1.807) is 11.3 Å². The molecule has 2 aromatic heterocycles. The Balaban J connectivity index is 1.88. The first-order valence-electron chi connectivity index (χ1n) is 7.38. The topological polar surface area (TPSA) is 37.8 Å². The zero-order valence-electron chi connectivity index (χ0n) is 11.9. The fourth-order valence-corrected chi connectivity index (χ4v) is 4.01. The smallest absolute Gasteiger partial charge is 0.225 e. The van der Waals surface area contributed by atoms with Crippen molar-refractivity contribution in [3.63, 3.8) is 0 Å². The van der Waals surface area contributed by atoms with Crippen molar-refractivity contribution in [1.82, 2.24) is 9.97 Å². The Morgan fingerprint density at radius 3 is 2.75 bits per heavy atom. The Morgan fingerprint density at radius 1 is 1.30 bits per heavy atom. The zero-order chi connectivity index (χ0) is 14.1. The van der Waals surface area contributed by atoms with Crippen LogP contribution in [-0.2, 0) is 6.42 Å². The van der Waals surface area contributed by atoms with Crippen LogP contribution >= 0.6 is 22.9 Å². The summed E-state index contributed by atoms with van der Waals surface area (Å²) in [5.41, 5.74) is 0. The highest BCUT2D eigenvalue weighted by molar-refractivity contribution is 7.18. The Kier molecular flexibility index (Phi) is 4.13. The quantitative estimate of drug-likeness (QED) is 0.820. The van der Waals surface area contributed by atoms with Crippen molar-refractivity contribution in [2.45, 2.75) is 52.0 Å². The molecule has 108 valence electrons. The number of hydrogen-bond donors (Lipinski definition) is 1. The van der Waals surface area contributed by atoms with Crippen LogP contribution in [-0.4, -0.2) is 16.0 Å². The second-order valence-corrected chi connectivity index (χ2v) is 7.18. The minimum Gasteiger partial charge on any atom is -0.367 e. The van der Waals surface area contributed by atoms with E-state index in [0.717, 1.165) is 28.4 Å². The highest BCUT2D eigenvalue weighted by Gasteiger charge is 2.20. The average Bonchev–Trinajstić information content (AvgIpc) is 2.84. The summed E-state index contributed by atoms with van der Waals surface area (Å²) in [6.07, 6.45) is 6.05. The Labute approximate surface area is 128 Å². The number of nitrogens with one attached hydrogen (secondary N) is 1. The molecule has 0 bridgehead atoms. The monoisotopic (exact) mass is 309 g/mol. The van der Waals surface area contributed by atoms with Gasteiger partial charge in [0.25, 0.3) is 0 Å². The van der Waals surface area contributed by atoms with Crippen LogP contribution < -0.4 is 5.32 Å². The molecule has 2 aromatic rings. The Hall–Kier alpha value is -0.870. The number of fused-ring (bicyclic) bond motifs is 1. The molecule has 0 saturated heterocycles. The summed E-state index contributed by atoms with van der Waals surface area (Å²) in [6, 6.07) is 2.72. The highest BCUT2D eigenvalue weighted by atomic mass is 35.5. The minimum atomic E-state index is 0.341. The average molecular weight is 310 g/mol. The van der Waals surface area contributed by atoms with Gasteiger partial charge in [-0.15, -0.1) is 11.3 Å². The molecule has 0 aromatic carbocycles. The number of nitrogens with zero attached hydrogens (tertiary/aromatic N) is 2. The van der Waals surface area contributed by atoms with E-state index in [1.807, 2.05) is 0 Å². The third-order valence-corrected chi connectivity index (χ3v) is 5.46. The predicted octanol–water partition coefficient (Wildman–Crippen LogP) is 4.90. The maximum Gasteiger partial charge on any atom is 0.225 e. The summed E-state index contributed by atoms with van der Waals surface area (Å²) in [7, 11) is 0. The van der Waals surface area contributed by atoms with E-state index in [-0.39, 0.29) is 0 Å². The first-order valence-corrected chi connectivity index (χ1v) is 8.57. The number of anilines is 1. The largest absolute Gasteiger partial charge is 0.367 e. The van der Waals surface area contributed by atoms with Gasteiger partial charge in [-0.3, -0.25) is 0 Å². The standard InChI is InChI=1S/C15H20ClN3S/c1-3-11-8-12-13(18-15(16)19-14(12)20-11)17-10-6-4-9(2)5-7-10/h8-10H,3-7H2,1-2H3,(H,17,18,19). The third kappa shape index (κ3) is 2.91. The molecule has 3 rings (SSSR count). The van der Waals surface area contributed by atoms with E-state index in [4.69, 9.17) is 11.6 Å². The molecule has 20 heavy (non-hydrogen) atoms. The molecule has 2 heterocycles. The molecule has 1 aliphatic carbocycles. The Morgan fingerprint density at radius 2 is 2.05 bits per heavy atom. The molecule has 1 fully saturated rings. The second-order valence-electron chi connectivity index (χ2n) is 5.73. The van der Waals surface area contributed by atoms with E-state index in [2.05, 4.69) is 35.2 Å². The molecule has 1 N–H and O–H groups in total. The van der Waals surface area contributed by atoms with Gasteiger partial charge in [0.2, 0.25) is 5.28 Å². The van der Waals surface area contributed by atoms with Crippen molar-refractivity contribution in [1.29, 1.82) is 0 Å². The van der Waals surface area contributed by atoms with Crippen molar-refractivity contribution < 1.29 is 0 Å². The second kappa shape index (κ2) is 5.86. The molecule has 0 radical (unpaired) electrons. The highest BCUT2D eigenvalue weighted by Crippen LogP contribution is 2.32. The zero-order valence-corrected chi connectivity index (χ0v) is 13.5. The van der Waals surface area contributed by atoms with Crippen molar-refractivity contribution >= 4 is 39.0 Å². The summed E-state index contributed by atoms with van der Waals surface area (Å²) < 4.78 is 0. The lowest BCUT2D eigenvalue weighted by Gasteiger charge is -2.27. The van der Waals surface area contributed by atoms with E-state index >= 15 is 0 Å². The molecule has 1 aliphatic rings. The van der Waals surface area contributed by atoms with E-state index in [1.165, 1.54) is 30.6 Å². The summed E-state index contributed by atoms with van der Waals surface area (Å²) in [5.74, 6) is 1.77. The summed E-state index contributed by atoms with van der Waals surface area (Å²) in [4.78, 5) is 11.1. The van der Waals surface area contributed by atoms with Crippen LogP contribution in [0.15, 0.2) is 6.07 Å². The third-order valence-electron chi connectivity index (χ3n) is 4.12. The fraction of sp³-hybridized carbons (Fsp3) is 0.600. The molecule has 0 aliphatic heterocycles. The van der Waals surface area contributed by atoms with Gasteiger partial charge in [0.15, 0.2) is 0 Å². The van der Waals surface area contributed by atoms with Crippen LogP contribution in [0, 0.1) is 5.92 Å². The van der Waals surface area contributed by atoms with E-state index < -0.39 is 0 Å². The molecular formula is C15H20ClN3S. The Bertz CT molecular complexity index is 602. The number of rotatable bonds is 3. The lowest BCUT2D eigenvalue weighted by molar-refractivity contribution is 0.361. The van der Waals surface area contributed by atoms with Crippen LogP contribution in [0.4, 0.5) is 5.82 Å². The normalized spacial score (nSPS) is 23.1. The van der Waals surface area contributed by atoms with Gasteiger partial charge in [0, 0.05) is 10.9 Å². The molecule has 3 nitrogen and oxygen atoms in total. The van der Waals surface area contributed by atoms with Gasteiger partial charge in [-0.05, 0) is 55.7 Å². The van der Waals surface area contributed by atoms with E-state index in [0.29, 0.717) is 11.3 Å². The van der Waals surface area contributed by atoms with Gasteiger partial charge < -0.3 is 5.32 Å². The van der Waals surface area contributed by atoms with Crippen molar-refractivity contribution in [3.8, 4) is 0 Å². The first kappa shape index (κ1) is 14.1. The van der Waals surface area contributed by atoms with E-state index in [9.17, 15) is 0 Å². The van der Waals surface area contributed by atoms with Crippen LogP contribution in [0.2, 0.25) is 5.28 Å². The molecule has 1 saturated carbocycles. The van der Waals surface area contributed by atoms with Crippen molar-refractivity contribution in [2.24, 2.45) is 5.92 Å². The van der Waals surface area contributed by atoms with Gasteiger partial charge in [-0.2, -0.15) is 0 Å². The van der Waals surface area contributed by atoms with Gasteiger partial charge in [0.1, 0.15) is 10.6 Å². The minimum absolute atomic E-state index is 0.341. The van der Waals surface area contributed by atoms with Gasteiger partial charge in [0.05, 0.1) is 5.39 Å². The molecule has 0 amide bonds. The fourth-order valence-electron chi connectivity index (χ4n) is 2.83. The number of hydrogen-bond acceptors (Lipinski definition) is 4.